The van der Waals surface area contributed by atoms with Crippen LogP contribution in [0.1, 0.15) is 226 Å². The Kier molecular flexibility index (Phi) is 35.3. The second-order valence-corrected chi connectivity index (χ2v) is 21.5. The summed E-state index contributed by atoms with van der Waals surface area (Å²) in [5.41, 5.74) is 0.928. The zero-order chi connectivity index (χ0) is 37.0. The van der Waals surface area contributed by atoms with Crippen LogP contribution in [0, 0.1) is 6.92 Å². The van der Waals surface area contributed by atoms with E-state index in [1.807, 2.05) is 6.92 Å². The molecule has 296 valence electrons. The minimum atomic E-state index is -4.27. The Bertz CT molecular complexity index is 889. The van der Waals surface area contributed by atoms with Gasteiger partial charge in [0.25, 0.3) is 0 Å². The van der Waals surface area contributed by atoms with E-state index in [1.165, 1.54) is 179 Å². The van der Waals surface area contributed by atoms with Gasteiger partial charge in [0.1, 0.15) is 10.1 Å². The smallest absolute Gasteiger partial charge is 0.124 e. The molecule has 5 heteroatoms. The maximum Gasteiger partial charge on any atom is 0.124 e. The van der Waals surface area contributed by atoms with Crippen molar-refractivity contribution in [3.63, 3.8) is 0 Å². The van der Waals surface area contributed by atoms with E-state index in [1.54, 1.807) is 62.5 Å². The van der Waals surface area contributed by atoms with Crippen LogP contribution in [-0.2, 0) is 10.1 Å². The van der Waals surface area contributed by atoms with E-state index in [2.05, 4.69) is 27.7 Å². The molecule has 0 radical (unpaired) electrons. The molecule has 0 bridgehead atoms. The number of hydrogen-bond donors (Lipinski definition) is 0. The van der Waals surface area contributed by atoms with E-state index in [-0.39, 0.29) is 4.90 Å². The quantitative estimate of drug-likeness (QED) is 0.0396. The summed E-state index contributed by atoms with van der Waals surface area (Å²) < 4.78 is 31.2. The molecule has 0 aromatic heterocycles. The van der Waals surface area contributed by atoms with Gasteiger partial charge in [-0.2, -0.15) is 0 Å². The minimum Gasteiger partial charge on any atom is -0.744 e. The third kappa shape index (κ3) is 31.1. The van der Waals surface area contributed by atoms with Crippen LogP contribution in [0.2, 0.25) is 0 Å². The highest BCUT2D eigenvalue weighted by Gasteiger charge is 2.35. The Morgan fingerprint density at radius 3 is 0.840 bits per heavy atom. The van der Waals surface area contributed by atoms with E-state index in [4.69, 9.17) is 0 Å². The highest BCUT2D eigenvalue weighted by molar-refractivity contribution is 7.85. The maximum absolute atomic E-state index is 10.4. The molecule has 1 aromatic carbocycles. The van der Waals surface area contributed by atoms with E-state index in [9.17, 15) is 13.0 Å². The number of benzene rings is 1. The average Bonchev–Trinajstić information content (AvgIpc) is 3.10. The molecule has 0 aliphatic rings. The standard InChI is InChI=1S/C38H80P.C7H8O3S/c1-5-9-13-17-21-22-23-24-25-26-30-34-38-39(35-31-27-18-14-10-6-2,36-32-28-19-15-11-7-3)37-33-29-20-16-12-8-4;1-6-2-4-7(5-3-6)11(8,9)10/h5-38H2,1-4H3;2-5H,1H3,(H,8,9,10)/q+1;/p-1. The highest BCUT2D eigenvalue weighted by Crippen LogP contribution is 2.61. The number of hydrogen-bond acceptors (Lipinski definition) is 3. The van der Waals surface area contributed by atoms with Gasteiger partial charge in [-0.1, -0.05) is 187 Å². The first-order chi connectivity index (χ1) is 24.2. The summed E-state index contributed by atoms with van der Waals surface area (Å²) in [6, 6.07) is 5.78. The average molecular weight is 739 g/mol. The number of unbranched alkanes of at least 4 members (excludes halogenated alkanes) is 26. The second kappa shape index (κ2) is 35.6. The molecule has 50 heavy (non-hydrogen) atoms. The van der Waals surface area contributed by atoms with Crippen LogP contribution in [0.5, 0.6) is 0 Å². The van der Waals surface area contributed by atoms with E-state index in [0.717, 1.165) is 5.56 Å². The fourth-order valence-corrected chi connectivity index (χ4v) is 12.7. The molecule has 0 atom stereocenters. The Hall–Kier alpha value is -0.440. The summed E-state index contributed by atoms with van der Waals surface area (Å²) in [5.74, 6) is 0. The minimum absolute atomic E-state index is 0.178. The maximum atomic E-state index is 10.4. The van der Waals surface area contributed by atoms with Crippen molar-refractivity contribution in [1.29, 1.82) is 0 Å². The molecule has 0 unspecified atom stereocenters. The lowest BCUT2D eigenvalue weighted by Gasteiger charge is -2.28. The van der Waals surface area contributed by atoms with Crippen molar-refractivity contribution in [3.8, 4) is 0 Å². The van der Waals surface area contributed by atoms with Crippen LogP contribution in [0.3, 0.4) is 0 Å². The summed E-state index contributed by atoms with van der Waals surface area (Å²) in [7, 11) is -5.01. The molecular formula is C45H87O3PS. The number of aryl methyl sites for hydroxylation is 1. The summed E-state index contributed by atoms with van der Waals surface area (Å²) in [4.78, 5) is -0.178. The van der Waals surface area contributed by atoms with E-state index >= 15 is 0 Å². The molecule has 0 amide bonds. The normalized spacial score (nSPS) is 11.9. The molecule has 0 aliphatic heterocycles. The zero-order valence-electron chi connectivity index (χ0n) is 34.4. The molecule has 0 fully saturated rings. The van der Waals surface area contributed by atoms with Crippen LogP contribution in [0.4, 0.5) is 0 Å². The van der Waals surface area contributed by atoms with E-state index < -0.39 is 17.4 Å². The van der Waals surface area contributed by atoms with Crippen LogP contribution in [0.25, 0.3) is 0 Å². The Morgan fingerprint density at radius 2 is 0.620 bits per heavy atom. The zero-order valence-corrected chi connectivity index (χ0v) is 36.1. The van der Waals surface area contributed by atoms with Crippen molar-refractivity contribution in [1.82, 2.24) is 0 Å². The van der Waals surface area contributed by atoms with Gasteiger partial charge in [-0.3, -0.25) is 0 Å². The van der Waals surface area contributed by atoms with Gasteiger partial charge in [-0.05, 0) is 70.4 Å². The van der Waals surface area contributed by atoms with Gasteiger partial charge in [-0.25, -0.2) is 8.42 Å². The monoisotopic (exact) mass is 739 g/mol. The molecule has 0 aliphatic carbocycles. The molecular weight excluding hydrogens is 652 g/mol. The molecule has 0 N–H and O–H groups in total. The van der Waals surface area contributed by atoms with Crippen LogP contribution in [0.15, 0.2) is 29.2 Å². The third-order valence-corrected chi connectivity index (χ3v) is 16.7. The first-order valence-electron chi connectivity index (χ1n) is 22.1. The van der Waals surface area contributed by atoms with Gasteiger partial charge in [0.05, 0.1) is 29.5 Å². The van der Waals surface area contributed by atoms with Crippen LogP contribution in [-0.4, -0.2) is 37.6 Å². The molecule has 0 spiro atoms. The SMILES string of the molecule is CCCCCCCCCCCCCC[P+](CCCCCCCC)(CCCCCCCC)CCCCCCCC.Cc1ccc(S(=O)(=O)[O-])cc1. The summed E-state index contributed by atoms with van der Waals surface area (Å²) >= 11 is 0. The van der Waals surface area contributed by atoms with Crippen molar-refractivity contribution < 1.29 is 13.0 Å². The van der Waals surface area contributed by atoms with Crippen LogP contribution >= 0.6 is 7.26 Å². The predicted molar refractivity (Wildman–Crippen MR) is 227 cm³/mol. The fourth-order valence-electron chi connectivity index (χ4n) is 7.35. The van der Waals surface area contributed by atoms with Gasteiger partial charge in [-0.15, -0.1) is 0 Å². The van der Waals surface area contributed by atoms with Crippen molar-refractivity contribution in [3.05, 3.63) is 29.8 Å². The largest absolute Gasteiger partial charge is 0.744 e. The lowest BCUT2D eigenvalue weighted by atomic mass is 10.1. The molecule has 0 saturated heterocycles. The Morgan fingerprint density at radius 1 is 0.400 bits per heavy atom. The second-order valence-electron chi connectivity index (χ2n) is 15.7. The van der Waals surface area contributed by atoms with Crippen molar-refractivity contribution in [2.24, 2.45) is 0 Å². The van der Waals surface area contributed by atoms with Gasteiger partial charge in [0.2, 0.25) is 0 Å². The van der Waals surface area contributed by atoms with Crippen molar-refractivity contribution in [2.75, 3.05) is 24.6 Å². The van der Waals surface area contributed by atoms with Crippen molar-refractivity contribution in [2.45, 2.75) is 232 Å². The molecule has 1 rings (SSSR count). The number of rotatable bonds is 35. The van der Waals surface area contributed by atoms with E-state index in [0.29, 0.717) is 0 Å². The fraction of sp³-hybridized carbons (Fsp3) is 0.867. The van der Waals surface area contributed by atoms with Crippen molar-refractivity contribution >= 4 is 17.4 Å². The topological polar surface area (TPSA) is 57.2 Å². The molecule has 0 heterocycles. The first-order valence-corrected chi connectivity index (χ1v) is 26.1. The van der Waals surface area contributed by atoms with Gasteiger partial charge in [0, 0.05) is 7.26 Å². The summed E-state index contributed by atoms with van der Waals surface area (Å²) in [6.07, 6.45) is 51.2. The first kappa shape index (κ1) is 49.6. The molecule has 0 saturated carbocycles. The lowest BCUT2D eigenvalue weighted by molar-refractivity contribution is 0.463. The Labute approximate surface area is 315 Å². The lowest BCUT2D eigenvalue weighted by Crippen LogP contribution is -2.13. The summed E-state index contributed by atoms with van der Waals surface area (Å²) in [5, 5.41) is 0. The highest BCUT2D eigenvalue weighted by atomic mass is 32.2. The van der Waals surface area contributed by atoms with Gasteiger partial charge >= 0.3 is 0 Å². The summed E-state index contributed by atoms with van der Waals surface area (Å²) in [6.45, 7) is 11.2. The third-order valence-electron chi connectivity index (χ3n) is 10.8. The van der Waals surface area contributed by atoms with Gasteiger partial charge < -0.3 is 4.55 Å². The van der Waals surface area contributed by atoms with Crippen LogP contribution < -0.4 is 0 Å². The molecule has 1 aromatic rings. The predicted octanol–water partition coefficient (Wildman–Crippen LogP) is 15.7. The molecule has 3 nitrogen and oxygen atoms in total. The van der Waals surface area contributed by atoms with Gasteiger partial charge in [0.15, 0.2) is 0 Å². The Balaban J connectivity index is 0.00000183.